The first kappa shape index (κ1) is 17.7. The minimum Gasteiger partial charge on any atom is -0.448 e. The van der Waals surface area contributed by atoms with Gasteiger partial charge in [0.25, 0.3) is 0 Å². The van der Waals surface area contributed by atoms with E-state index in [1.807, 2.05) is 54.6 Å². The summed E-state index contributed by atoms with van der Waals surface area (Å²) in [7, 11) is 0. The van der Waals surface area contributed by atoms with E-state index in [0.717, 1.165) is 33.8 Å². The topological polar surface area (TPSA) is 88.6 Å². The Bertz CT molecular complexity index is 1150. The number of rotatable bonds is 4. The summed E-state index contributed by atoms with van der Waals surface area (Å²) in [5.74, 6) is 1.32. The number of anilines is 1. The monoisotopic (exact) mass is 402 g/mol. The SMILES string of the molecule is CCSc1nnc2c(n1)OC(c1cn[nH]c1-c1ccccc1)Nc1ccccc1-2. The molecule has 144 valence electrons. The molecule has 0 radical (unpaired) electrons. The number of nitrogens with zero attached hydrogens (tertiary/aromatic N) is 4. The molecule has 4 aromatic rings. The average molecular weight is 402 g/mol. The summed E-state index contributed by atoms with van der Waals surface area (Å²) >= 11 is 1.53. The summed E-state index contributed by atoms with van der Waals surface area (Å²) in [6, 6.07) is 18.0. The van der Waals surface area contributed by atoms with E-state index in [-0.39, 0.29) is 0 Å². The number of aromatic amines is 1. The predicted molar refractivity (Wildman–Crippen MR) is 113 cm³/mol. The molecule has 2 N–H and O–H groups in total. The largest absolute Gasteiger partial charge is 0.448 e. The van der Waals surface area contributed by atoms with E-state index in [4.69, 9.17) is 4.74 Å². The predicted octanol–water partition coefficient (Wildman–Crippen LogP) is 4.54. The highest BCUT2D eigenvalue weighted by atomic mass is 32.2. The fourth-order valence-electron chi connectivity index (χ4n) is 3.31. The lowest BCUT2D eigenvalue weighted by molar-refractivity contribution is 0.226. The number of ether oxygens (including phenoxy) is 1. The molecule has 1 unspecified atom stereocenters. The number of aromatic nitrogens is 5. The van der Waals surface area contributed by atoms with Crippen molar-refractivity contribution in [1.29, 1.82) is 0 Å². The highest BCUT2D eigenvalue weighted by molar-refractivity contribution is 7.99. The fraction of sp³-hybridized carbons (Fsp3) is 0.143. The van der Waals surface area contributed by atoms with Crippen molar-refractivity contribution >= 4 is 17.4 Å². The van der Waals surface area contributed by atoms with Gasteiger partial charge in [-0.05, 0) is 11.8 Å². The molecule has 8 heteroatoms. The van der Waals surface area contributed by atoms with Crippen molar-refractivity contribution < 1.29 is 4.74 Å². The second-order valence-electron chi connectivity index (χ2n) is 6.44. The number of thioether (sulfide) groups is 1. The minimum atomic E-state index is -0.484. The molecule has 0 saturated carbocycles. The number of fused-ring (bicyclic) bond motifs is 3. The van der Waals surface area contributed by atoms with Crippen molar-refractivity contribution in [3.05, 3.63) is 66.4 Å². The standard InChI is InChI=1S/C21H18N6OS/c1-2-29-21-24-20-18(26-27-21)14-10-6-7-11-16(14)23-19(28-20)15-12-22-25-17(15)13-8-4-3-5-9-13/h3-12,19,23H,2H2,1H3,(H,22,25). The third kappa shape index (κ3) is 3.31. The quantitative estimate of drug-likeness (QED) is 0.484. The highest BCUT2D eigenvalue weighted by Gasteiger charge is 2.28. The van der Waals surface area contributed by atoms with Gasteiger partial charge in [0.05, 0.1) is 17.5 Å². The van der Waals surface area contributed by atoms with Crippen LogP contribution >= 0.6 is 11.8 Å². The second kappa shape index (κ2) is 7.56. The summed E-state index contributed by atoms with van der Waals surface area (Å²) in [5, 5.41) is 20.1. The maximum absolute atomic E-state index is 6.33. The van der Waals surface area contributed by atoms with E-state index in [2.05, 4.69) is 37.6 Å². The summed E-state index contributed by atoms with van der Waals surface area (Å²) < 4.78 is 6.33. The molecule has 29 heavy (non-hydrogen) atoms. The number of H-pyrrole nitrogens is 1. The van der Waals surface area contributed by atoms with Crippen molar-refractivity contribution in [3.8, 4) is 28.4 Å². The molecule has 2 aromatic carbocycles. The molecule has 1 atom stereocenters. The second-order valence-corrected chi connectivity index (χ2v) is 7.67. The molecular formula is C21H18N6OS. The zero-order valence-electron chi connectivity index (χ0n) is 15.7. The maximum atomic E-state index is 6.33. The van der Waals surface area contributed by atoms with Crippen LogP contribution in [0.5, 0.6) is 5.88 Å². The van der Waals surface area contributed by atoms with Gasteiger partial charge in [-0.2, -0.15) is 10.1 Å². The molecule has 1 aliphatic rings. The summed E-state index contributed by atoms with van der Waals surface area (Å²) in [5.41, 5.74) is 5.26. The normalized spacial score (nSPS) is 14.9. The Morgan fingerprint density at radius 2 is 1.86 bits per heavy atom. The Morgan fingerprint density at radius 1 is 1.03 bits per heavy atom. The lowest BCUT2D eigenvalue weighted by Gasteiger charge is -2.19. The fourth-order valence-corrected chi connectivity index (χ4v) is 3.81. The average Bonchev–Trinajstić information content (AvgIpc) is 3.19. The minimum absolute atomic E-state index is 0.457. The molecule has 7 nitrogen and oxygen atoms in total. The van der Waals surface area contributed by atoms with Gasteiger partial charge in [0.2, 0.25) is 17.3 Å². The van der Waals surface area contributed by atoms with Crippen molar-refractivity contribution in [2.24, 2.45) is 0 Å². The van der Waals surface area contributed by atoms with E-state index in [1.165, 1.54) is 11.8 Å². The third-order valence-corrected chi connectivity index (χ3v) is 5.34. The lowest BCUT2D eigenvalue weighted by Crippen LogP contribution is -2.17. The molecule has 0 amide bonds. The first-order valence-electron chi connectivity index (χ1n) is 9.32. The maximum Gasteiger partial charge on any atom is 0.247 e. The van der Waals surface area contributed by atoms with Crippen molar-refractivity contribution in [1.82, 2.24) is 25.4 Å². The van der Waals surface area contributed by atoms with E-state index in [9.17, 15) is 0 Å². The van der Waals surface area contributed by atoms with Gasteiger partial charge in [0.1, 0.15) is 0 Å². The molecule has 3 heterocycles. The lowest BCUT2D eigenvalue weighted by atomic mass is 10.1. The van der Waals surface area contributed by atoms with Gasteiger partial charge in [-0.1, -0.05) is 67.2 Å². The van der Waals surface area contributed by atoms with Gasteiger partial charge in [0.15, 0.2) is 5.69 Å². The molecule has 0 saturated heterocycles. The number of benzene rings is 2. The first-order chi connectivity index (χ1) is 14.3. The number of hydrogen-bond donors (Lipinski definition) is 2. The van der Waals surface area contributed by atoms with Gasteiger partial charge in [-0.15, -0.1) is 10.2 Å². The summed E-state index contributed by atoms with van der Waals surface area (Å²) in [6.45, 7) is 2.05. The Morgan fingerprint density at radius 3 is 2.72 bits per heavy atom. The molecule has 0 spiro atoms. The van der Waals surface area contributed by atoms with Crippen LogP contribution in [0.3, 0.4) is 0 Å². The van der Waals surface area contributed by atoms with E-state index >= 15 is 0 Å². The molecular weight excluding hydrogens is 384 g/mol. The zero-order chi connectivity index (χ0) is 19.6. The van der Waals surface area contributed by atoms with Crippen LogP contribution in [0.1, 0.15) is 18.7 Å². The van der Waals surface area contributed by atoms with Gasteiger partial charge >= 0.3 is 0 Å². The van der Waals surface area contributed by atoms with Crippen LogP contribution in [0.4, 0.5) is 5.69 Å². The molecule has 5 rings (SSSR count). The van der Waals surface area contributed by atoms with Crippen LogP contribution in [0.2, 0.25) is 0 Å². The zero-order valence-corrected chi connectivity index (χ0v) is 16.5. The Labute approximate surface area is 172 Å². The molecule has 0 bridgehead atoms. The van der Waals surface area contributed by atoms with Gasteiger partial charge in [-0.25, -0.2) is 0 Å². The van der Waals surface area contributed by atoms with E-state index < -0.39 is 6.23 Å². The van der Waals surface area contributed by atoms with Crippen LogP contribution in [0.15, 0.2) is 66.0 Å². The molecule has 2 aromatic heterocycles. The Kier molecular flexibility index (Phi) is 4.61. The molecule has 0 fully saturated rings. The number of hydrogen-bond acceptors (Lipinski definition) is 7. The summed E-state index contributed by atoms with van der Waals surface area (Å²) in [6.07, 6.45) is 1.30. The molecule has 1 aliphatic heterocycles. The van der Waals surface area contributed by atoms with Crippen molar-refractivity contribution in [3.63, 3.8) is 0 Å². The number of para-hydroxylation sites is 1. The van der Waals surface area contributed by atoms with Crippen molar-refractivity contribution in [2.75, 3.05) is 11.1 Å². The van der Waals surface area contributed by atoms with Crippen LogP contribution in [0, 0.1) is 0 Å². The Balaban J connectivity index is 1.62. The smallest absolute Gasteiger partial charge is 0.247 e. The van der Waals surface area contributed by atoms with E-state index in [1.54, 1.807) is 6.20 Å². The first-order valence-corrected chi connectivity index (χ1v) is 10.3. The van der Waals surface area contributed by atoms with Gasteiger partial charge in [-0.3, -0.25) is 5.10 Å². The van der Waals surface area contributed by atoms with E-state index in [0.29, 0.717) is 16.7 Å². The highest BCUT2D eigenvalue weighted by Crippen LogP contribution is 2.40. The molecule has 0 aliphatic carbocycles. The van der Waals surface area contributed by atoms with Crippen molar-refractivity contribution in [2.45, 2.75) is 18.3 Å². The van der Waals surface area contributed by atoms with Crippen LogP contribution in [-0.4, -0.2) is 31.1 Å². The van der Waals surface area contributed by atoms with Crippen LogP contribution in [0.25, 0.3) is 22.5 Å². The van der Waals surface area contributed by atoms with Gasteiger partial charge < -0.3 is 10.1 Å². The Hall–Kier alpha value is -3.39. The van der Waals surface area contributed by atoms with Gasteiger partial charge in [0, 0.05) is 16.8 Å². The van der Waals surface area contributed by atoms with Crippen LogP contribution in [-0.2, 0) is 0 Å². The summed E-state index contributed by atoms with van der Waals surface area (Å²) in [4.78, 5) is 4.62. The third-order valence-electron chi connectivity index (χ3n) is 4.62. The number of nitrogens with one attached hydrogen (secondary N) is 2. The van der Waals surface area contributed by atoms with Crippen LogP contribution < -0.4 is 10.1 Å².